The first-order chi connectivity index (χ1) is 9.13. The van der Waals surface area contributed by atoms with Gasteiger partial charge in [-0.2, -0.15) is 0 Å². The number of ether oxygens (including phenoxy) is 1. The highest BCUT2D eigenvalue weighted by atomic mass is 16.5. The van der Waals surface area contributed by atoms with Crippen LogP contribution in [0.4, 0.5) is 5.69 Å². The van der Waals surface area contributed by atoms with Crippen molar-refractivity contribution in [3.8, 4) is 11.5 Å². The third-order valence-corrected chi connectivity index (χ3v) is 2.77. The molecule has 0 saturated carbocycles. The summed E-state index contributed by atoms with van der Waals surface area (Å²) < 4.78 is 4.98. The van der Waals surface area contributed by atoms with Gasteiger partial charge in [0.15, 0.2) is 0 Å². The number of benzene rings is 1. The normalized spacial score (nSPS) is 10.0. The van der Waals surface area contributed by atoms with Crippen molar-refractivity contribution in [3.05, 3.63) is 48.3 Å². The summed E-state index contributed by atoms with van der Waals surface area (Å²) in [6.07, 6.45) is 3.21. The van der Waals surface area contributed by atoms with Gasteiger partial charge in [-0.1, -0.05) is 0 Å². The van der Waals surface area contributed by atoms with Crippen LogP contribution in [0.2, 0.25) is 0 Å². The second kappa shape index (κ2) is 5.39. The third-order valence-electron chi connectivity index (χ3n) is 2.77. The molecule has 0 aliphatic rings. The molecule has 1 aromatic carbocycles. The predicted octanol–water partition coefficient (Wildman–Crippen LogP) is 2.07. The van der Waals surface area contributed by atoms with E-state index >= 15 is 0 Å². The Hall–Kier alpha value is -2.56. The zero-order valence-corrected chi connectivity index (χ0v) is 10.7. The SMILES string of the molecule is COc1ccc(C(=O)N(C)c2cccnc2)c(O)c1. The number of phenols is 1. The third kappa shape index (κ3) is 2.65. The van der Waals surface area contributed by atoms with Gasteiger partial charge in [-0.15, -0.1) is 0 Å². The molecule has 0 fully saturated rings. The number of anilines is 1. The van der Waals surface area contributed by atoms with Crippen LogP contribution < -0.4 is 9.64 Å². The fourth-order valence-electron chi connectivity index (χ4n) is 1.67. The Morgan fingerprint density at radius 2 is 2.16 bits per heavy atom. The van der Waals surface area contributed by atoms with Gasteiger partial charge < -0.3 is 14.7 Å². The van der Waals surface area contributed by atoms with Crippen molar-refractivity contribution in [3.63, 3.8) is 0 Å². The molecule has 0 aliphatic heterocycles. The fraction of sp³-hybridized carbons (Fsp3) is 0.143. The van der Waals surface area contributed by atoms with Crippen LogP contribution in [0.1, 0.15) is 10.4 Å². The molecule has 5 heteroatoms. The van der Waals surface area contributed by atoms with Crippen molar-refractivity contribution in [1.29, 1.82) is 0 Å². The molecule has 1 N–H and O–H groups in total. The molecule has 0 radical (unpaired) electrons. The van der Waals surface area contributed by atoms with E-state index in [4.69, 9.17) is 4.74 Å². The van der Waals surface area contributed by atoms with Gasteiger partial charge in [-0.25, -0.2) is 0 Å². The van der Waals surface area contributed by atoms with Gasteiger partial charge in [-0.3, -0.25) is 9.78 Å². The smallest absolute Gasteiger partial charge is 0.261 e. The van der Waals surface area contributed by atoms with Gasteiger partial charge in [-0.05, 0) is 24.3 Å². The Kier molecular flexibility index (Phi) is 3.66. The Morgan fingerprint density at radius 3 is 2.74 bits per heavy atom. The molecule has 0 spiro atoms. The standard InChI is InChI=1S/C14H14N2O3/c1-16(10-4-3-7-15-9-10)14(18)12-6-5-11(19-2)8-13(12)17/h3-9,17H,1-2H3. The molecule has 1 amide bonds. The van der Waals surface area contributed by atoms with Crippen LogP contribution in [0.5, 0.6) is 11.5 Å². The van der Waals surface area contributed by atoms with Crippen molar-refractivity contribution in [2.75, 3.05) is 19.1 Å². The molecular formula is C14H14N2O3. The molecule has 98 valence electrons. The van der Waals surface area contributed by atoms with E-state index in [-0.39, 0.29) is 17.2 Å². The second-order valence-electron chi connectivity index (χ2n) is 3.96. The number of carbonyl (C=O) groups excluding carboxylic acids is 1. The minimum atomic E-state index is -0.312. The summed E-state index contributed by atoms with van der Waals surface area (Å²) in [6.45, 7) is 0. The average Bonchev–Trinajstić information content (AvgIpc) is 2.46. The van der Waals surface area contributed by atoms with Crippen LogP contribution in [-0.4, -0.2) is 30.2 Å². The van der Waals surface area contributed by atoms with E-state index in [9.17, 15) is 9.90 Å². The average molecular weight is 258 g/mol. The zero-order valence-electron chi connectivity index (χ0n) is 10.7. The molecule has 2 rings (SSSR count). The first-order valence-electron chi connectivity index (χ1n) is 5.68. The van der Waals surface area contributed by atoms with Crippen LogP contribution in [0.25, 0.3) is 0 Å². The minimum absolute atomic E-state index is 0.111. The molecule has 0 saturated heterocycles. The lowest BCUT2D eigenvalue weighted by Crippen LogP contribution is -2.26. The number of pyridine rings is 1. The number of aromatic nitrogens is 1. The highest BCUT2D eigenvalue weighted by Gasteiger charge is 2.17. The van der Waals surface area contributed by atoms with Crippen LogP contribution in [0.3, 0.4) is 0 Å². The highest BCUT2D eigenvalue weighted by molar-refractivity contribution is 6.07. The summed E-state index contributed by atoms with van der Waals surface area (Å²) in [5.41, 5.74) is 0.870. The number of methoxy groups -OCH3 is 1. The zero-order chi connectivity index (χ0) is 13.8. The van der Waals surface area contributed by atoms with Crippen LogP contribution in [0.15, 0.2) is 42.7 Å². The van der Waals surface area contributed by atoms with E-state index in [1.165, 1.54) is 24.1 Å². The van der Waals surface area contributed by atoms with Crippen LogP contribution in [-0.2, 0) is 0 Å². The maximum Gasteiger partial charge on any atom is 0.261 e. The molecule has 5 nitrogen and oxygen atoms in total. The lowest BCUT2D eigenvalue weighted by Gasteiger charge is -2.17. The fourth-order valence-corrected chi connectivity index (χ4v) is 1.67. The molecule has 1 aromatic heterocycles. The summed E-state index contributed by atoms with van der Waals surface area (Å²) in [4.78, 5) is 17.6. The van der Waals surface area contributed by atoms with E-state index < -0.39 is 0 Å². The lowest BCUT2D eigenvalue weighted by molar-refractivity contribution is 0.0990. The maximum atomic E-state index is 12.3. The van der Waals surface area contributed by atoms with E-state index in [1.54, 1.807) is 37.6 Å². The van der Waals surface area contributed by atoms with Crippen molar-refractivity contribution in [2.24, 2.45) is 0 Å². The summed E-state index contributed by atoms with van der Waals surface area (Å²) in [5.74, 6) is 0.0753. The highest BCUT2D eigenvalue weighted by Crippen LogP contribution is 2.25. The monoisotopic (exact) mass is 258 g/mol. The Bertz CT molecular complexity index is 584. The number of aromatic hydroxyl groups is 1. The van der Waals surface area contributed by atoms with Crippen LogP contribution in [0, 0.1) is 0 Å². The van der Waals surface area contributed by atoms with Gasteiger partial charge >= 0.3 is 0 Å². The van der Waals surface area contributed by atoms with E-state index in [0.29, 0.717) is 11.4 Å². The Balaban J connectivity index is 2.29. The maximum absolute atomic E-state index is 12.3. The number of carbonyl (C=O) groups is 1. The first kappa shape index (κ1) is 12.9. The van der Waals surface area contributed by atoms with Gasteiger partial charge in [0, 0.05) is 19.3 Å². The molecule has 1 heterocycles. The van der Waals surface area contributed by atoms with Gasteiger partial charge in [0.05, 0.1) is 24.6 Å². The van der Waals surface area contributed by atoms with E-state index in [1.807, 2.05) is 0 Å². The molecule has 0 unspecified atom stereocenters. The Labute approximate surface area is 111 Å². The number of rotatable bonds is 3. The van der Waals surface area contributed by atoms with Crippen LogP contribution >= 0.6 is 0 Å². The van der Waals surface area contributed by atoms with Gasteiger partial charge in [0.1, 0.15) is 11.5 Å². The predicted molar refractivity (Wildman–Crippen MR) is 71.6 cm³/mol. The summed E-state index contributed by atoms with van der Waals surface area (Å²) in [6, 6.07) is 8.08. The second-order valence-corrected chi connectivity index (χ2v) is 3.96. The van der Waals surface area contributed by atoms with Crippen molar-refractivity contribution < 1.29 is 14.6 Å². The Morgan fingerprint density at radius 1 is 1.37 bits per heavy atom. The van der Waals surface area contributed by atoms with Crippen molar-refractivity contribution >= 4 is 11.6 Å². The van der Waals surface area contributed by atoms with Gasteiger partial charge in [0.25, 0.3) is 5.91 Å². The van der Waals surface area contributed by atoms with Crippen molar-refractivity contribution in [2.45, 2.75) is 0 Å². The number of hydrogen-bond acceptors (Lipinski definition) is 4. The molecule has 19 heavy (non-hydrogen) atoms. The van der Waals surface area contributed by atoms with E-state index in [2.05, 4.69) is 4.98 Å². The summed E-state index contributed by atoms with van der Waals surface area (Å²) in [5, 5.41) is 9.85. The molecule has 2 aromatic rings. The molecule has 0 bridgehead atoms. The minimum Gasteiger partial charge on any atom is -0.507 e. The molecule has 0 aliphatic carbocycles. The first-order valence-corrected chi connectivity index (χ1v) is 5.68. The number of nitrogens with zero attached hydrogens (tertiary/aromatic N) is 2. The van der Waals surface area contributed by atoms with E-state index in [0.717, 1.165) is 0 Å². The lowest BCUT2D eigenvalue weighted by atomic mass is 10.1. The summed E-state index contributed by atoms with van der Waals surface area (Å²) >= 11 is 0. The largest absolute Gasteiger partial charge is 0.507 e. The van der Waals surface area contributed by atoms with Crippen molar-refractivity contribution in [1.82, 2.24) is 4.98 Å². The summed E-state index contributed by atoms with van der Waals surface area (Å²) in [7, 11) is 3.13. The quantitative estimate of drug-likeness (QED) is 0.915. The number of hydrogen-bond donors (Lipinski definition) is 1. The molecular weight excluding hydrogens is 244 g/mol. The number of phenolic OH excluding ortho intramolecular Hbond substituents is 1. The molecule has 0 atom stereocenters. The number of amides is 1. The van der Waals surface area contributed by atoms with Gasteiger partial charge in [0.2, 0.25) is 0 Å². The topological polar surface area (TPSA) is 62.7 Å².